The van der Waals surface area contributed by atoms with Gasteiger partial charge in [-0.3, -0.25) is 29.4 Å². The third-order valence-corrected chi connectivity index (χ3v) is 6.23. The maximum atomic E-state index is 13.5. The lowest BCUT2D eigenvalue weighted by atomic mass is 9.93. The summed E-state index contributed by atoms with van der Waals surface area (Å²) in [6, 6.07) is 17.0. The molecule has 0 atom stereocenters. The van der Waals surface area contributed by atoms with E-state index in [1.54, 1.807) is 24.4 Å². The number of non-ortho nitro benzene ring substituents is 1. The summed E-state index contributed by atoms with van der Waals surface area (Å²) in [4.78, 5) is 48.9. The van der Waals surface area contributed by atoms with Crippen LogP contribution in [0.15, 0.2) is 77.5 Å². The van der Waals surface area contributed by atoms with Gasteiger partial charge in [0.15, 0.2) is 0 Å². The molecule has 208 valence electrons. The number of nitriles is 1. The summed E-state index contributed by atoms with van der Waals surface area (Å²) in [7, 11) is 0. The zero-order valence-electron chi connectivity index (χ0n) is 22.3. The van der Waals surface area contributed by atoms with Crippen molar-refractivity contribution in [2.45, 2.75) is 13.8 Å². The average Bonchev–Trinajstić information content (AvgIpc) is 3.39. The van der Waals surface area contributed by atoms with Gasteiger partial charge < -0.3 is 9.47 Å². The van der Waals surface area contributed by atoms with Gasteiger partial charge >= 0.3 is 5.97 Å². The molecular formula is C29H25N5O7. The van der Waals surface area contributed by atoms with Crippen molar-refractivity contribution in [2.75, 3.05) is 26.4 Å². The highest BCUT2D eigenvalue weighted by Crippen LogP contribution is 2.31. The smallest absolute Gasteiger partial charge is 0.302 e. The Morgan fingerprint density at radius 3 is 2.41 bits per heavy atom. The fourth-order valence-corrected chi connectivity index (χ4v) is 4.16. The summed E-state index contributed by atoms with van der Waals surface area (Å²) in [6.07, 6.45) is 3.25. The van der Waals surface area contributed by atoms with Crippen LogP contribution in [-0.2, 0) is 23.9 Å². The molecule has 0 fully saturated rings. The summed E-state index contributed by atoms with van der Waals surface area (Å²) < 4.78 is 11.7. The van der Waals surface area contributed by atoms with Gasteiger partial charge in [-0.15, -0.1) is 0 Å². The minimum absolute atomic E-state index is 0.0167. The third kappa shape index (κ3) is 6.43. The molecule has 0 radical (unpaired) electrons. The van der Waals surface area contributed by atoms with Crippen LogP contribution in [0.1, 0.15) is 19.4 Å². The van der Waals surface area contributed by atoms with Crippen LogP contribution in [0, 0.1) is 21.4 Å². The molecule has 3 aromatic rings. The Hall–Kier alpha value is -5.41. The molecule has 0 saturated heterocycles. The monoisotopic (exact) mass is 555 g/mol. The van der Waals surface area contributed by atoms with Crippen molar-refractivity contribution in [3.05, 3.63) is 93.2 Å². The summed E-state index contributed by atoms with van der Waals surface area (Å²) in [5.74, 6) is -1.77. The lowest BCUT2D eigenvalue weighted by Gasteiger charge is -2.27. The van der Waals surface area contributed by atoms with E-state index in [9.17, 15) is 29.8 Å². The molecule has 0 unspecified atom stereocenters. The van der Waals surface area contributed by atoms with Crippen LogP contribution < -0.4 is 0 Å². The Morgan fingerprint density at radius 1 is 1.07 bits per heavy atom. The van der Waals surface area contributed by atoms with Crippen LogP contribution in [0.5, 0.6) is 0 Å². The highest BCUT2D eigenvalue weighted by Gasteiger charge is 2.35. The van der Waals surface area contributed by atoms with Crippen LogP contribution >= 0.6 is 0 Å². The zero-order chi connectivity index (χ0) is 29.5. The van der Waals surface area contributed by atoms with E-state index in [-0.39, 0.29) is 48.8 Å². The maximum Gasteiger partial charge on any atom is 0.302 e. The Balaban J connectivity index is 1.71. The van der Waals surface area contributed by atoms with Gasteiger partial charge in [-0.2, -0.15) is 10.4 Å². The highest BCUT2D eigenvalue weighted by atomic mass is 16.6. The van der Waals surface area contributed by atoms with E-state index in [4.69, 9.17) is 9.47 Å². The summed E-state index contributed by atoms with van der Waals surface area (Å²) in [6.45, 7) is 2.80. The van der Waals surface area contributed by atoms with Crippen molar-refractivity contribution in [1.29, 1.82) is 5.26 Å². The molecule has 1 aliphatic rings. The van der Waals surface area contributed by atoms with Crippen LogP contribution in [0.4, 0.5) is 5.69 Å². The zero-order valence-corrected chi connectivity index (χ0v) is 22.3. The molecule has 0 aliphatic carbocycles. The Labute approximate surface area is 234 Å². The van der Waals surface area contributed by atoms with Gasteiger partial charge in [-0.25, -0.2) is 4.68 Å². The molecule has 12 nitrogen and oxygen atoms in total. The molecule has 12 heteroatoms. The lowest BCUT2D eigenvalue weighted by molar-refractivity contribution is -0.384. The van der Waals surface area contributed by atoms with Crippen LogP contribution in [0.25, 0.3) is 23.0 Å². The normalized spacial score (nSPS) is 14.4. The first-order chi connectivity index (χ1) is 19.7. The van der Waals surface area contributed by atoms with E-state index in [1.165, 1.54) is 30.7 Å². The molecular weight excluding hydrogens is 530 g/mol. The first-order valence-electron chi connectivity index (χ1n) is 12.5. The second-order valence-electron chi connectivity index (χ2n) is 8.90. The summed E-state index contributed by atoms with van der Waals surface area (Å²) >= 11 is 0. The standard InChI is InChI=1S/C29H25N5O7/c1-19-25(28(36)32(29(37)26(19)17-30)12-13-40-14-15-41-20(2)35)16-22-18-33(23-8-10-24(11-9-23)34(38)39)31-27(22)21-6-4-3-5-7-21/h3-11,16,18H,12-15H2,1-2H3/b25-16+. The molecule has 2 aromatic carbocycles. The second-order valence-corrected chi connectivity index (χ2v) is 8.90. The fourth-order valence-electron chi connectivity index (χ4n) is 4.16. The minimum Gasteiger partial charge on any atom is -0.463 e. The molecule has 4 rings (SSSR count). The average molecular weight is 556 g/mol. The fraction of sp³-hybridized carbons (Fsp3) is 0.207. The number of esters is 1. The predicted molar refractivity (Wildman–Crippen MR) is 146 cm³/mol. The number of rotatable bonds is 10. The van der Waals surface area contributed by atoms with E-state index in [0.29, 0.717) is 16.9 Å². The van der Waals surface area contributed by atoms with Gasteiger partial charge in [-0.1, -0.05) is 30.3 Å². The molecule has 1 aliphatic heterocycles. The number of hydrogen-bond donors (Lipinski definition) is 0. The van der Waals surface area contributed by atoms with E-state index < -0.39 is 22.7 Å². The molecule has 2 heterocycles. The van der Waals surface area contributed by atoms with E-state index >= 15 is 0 Å². The number of ether oxygens (including phenoxy) is 2. The van der Waals surface area contributed by atoms with Gasteiger partial charge in [0.1, 0.15) is 18.2 Å². The quantitative estimate of drug-likeness (QED) is 0.0910. The third-order valence-electron chi connectivity index (χ3n) is 6.23. The number of hydrogen-bond acceptors (Lipinski definition) is 9. The molecule has 1 aromatic heterocycles. The van der Waals surface area contributed by atoms with Crippen LogP contribution in [0.3, 0.4) is 0 Å². The van der Waals surface area contributed by atoms with Crippen molar-refractivity contribution in [3.63, 3.8) is 0 Å². The number of nitro benzene ring substituents is 1. The molecule has 0 bridgehead atoms. The second kappa shape index (κ2) is 12.6. The van der Waals surface area contributed by atoms with Crippen molar-refractivity contribution >= 4 is 29.5 Å². The van der Waals surface area contributed by atoms with E-state index in [0.717, 1.165) is 10.5 Å². The SMILES string of the molecule is CC(=O)OCCOCCN1C(=O)C(C#N)=C(C)/C(=C\c2cn(-c3ccc([N+](=O)[O-])cc3)nc2-c2ccccc2)C1=O. The predicted octanol–water partition coefficient (Wildman–Crippen LogP) is 3.62. The van der Waals surface area contributed by atoms with Gasteiger partial charge in [0.05, 0.1) is 36.1 Å². The number of carbonyl (C=O) groups excluding carboxylic acids is 3. The maximum absolute atomic E-state index is 13.5. The molecule has 41 heavy (non-hydrogen) atoms. The molecule has 0 saturated carbocycles. The number of imide groups is 1. The first-order valence-corrected chi connectivity index (χ1v) is 12.5. The molecule has 0 N–H and O–H groups in total. The van der Waals surface area contributed by atoms with Crippen LogP contribution in [-0.4, -0.2) is 63.8 Å². The van der Waals surface area contributed by atoms with Crippen molar-refractivity contribution in [2.24, 2.45) is 0 Å². The number of benzene rings is 2. The number of carbonyl (C=O) groups is 3. The Morgan fingerprint density at radius 2 is 1.78 bits per heavy atom. The van der Waals surface area contributed by atoms with Gasteiger partial charge in [0.2, 0.25) is 0 Å². The summed E-state index contributed by atoms with van der Waals surface area (Å²) in [5, 5.41) is 25.5. The number of amides is 2. The van der Waals surface area contributed by atoms with E-state index in [1.807, 2.05) is 36.4 Å². The Bertz CT molecular complexity index is 1600. The van der Waals surface area contributed by atoms with Gasteiger partial charge in [0, 0.05) is 42.0 Å². The van der Waals surface area contributed by atoms with Crippen molar-refractivity contribution in [3.8, 4) is 23.0 Å². The van der Waals surface area contributed by atoms with Crippen molar-refractivity contribution < 1.29 is 28.8 Å². The first kappa shape index (κ1) is 28.6. The Kier molecular flexibility index (Phi) is 8.81. The minimum atomic E-state index is -0.722. The lowest BCUT2D eigenvalue weighted by Crippen LogP contribution is -2.44. The highest BCUT2D eigenvalue weighted by molar-refractivity contribution is 6.19. The topological polar surface area (TPSA) is 158 Å². The number of nitro groups is 1. The summed E-state index contributed by atoms with van der Waals surface area (Å²) in [5.41, 5.74) is 2.50. The molecule has 2 amide bonds. The van der Waals surface area contributed by atoms with Crippen LogP contribution in [0.2, 0.25) is 0 Å². The molecule has 0 spiro atoms. The largest absolute Gasteiger partial charge is 0.463 e. The number of nitrogens with zero attached hydrogens (tertiary/aromatic N) is 5. The van der Waals surface area contributed by atoms with Gasteiger partial charge in [0.25, 0.3) is 17.5 Å². The van der Waals surface area contributed by atoms with Gasteiger partial charge in [-0.05, 0) is 30.7 Å². The van der Waals surface area contributed by atoms with E-state index in [2.05, 4.69) is 5.10 Å². The van der Waals surface area contributed by atoms with Crippen molar-refractivity contribution in [1.82, 2.24) is 14.7 Å². The number of aromatic nitrogens is 2.